The first-order chi connectivity index (χ1) is 16.4. The molecule has 34 heavy (non-hydrogen) atoms. The lowest BCUT2D eigenvalue weighted by Gasteiger charge is -2.20. The van der Waals surface area contributed by atoms with E-state index >= 15 is 0 Å². The first-order valence-corrected chi connectivity index (χ1v) is 12.0. The normalized spacial score (nSPS) is 16.1. The molecule has 180 valence electrons. The molecule has 7 nitrogen and oxygen atoms in total. The maximum absolute atomic E-state index is 12.7. The Morgan fingerprint density at radius 3 is 2.24 bits per heavy atom. The van der Waals surface area contributed by atoms with E-state index < -0.39 is 17.5 Å². The maximum atomic E-state index is 12.7. The van der Waals surface area contributed by atoms with Gasteiger partial charge in [0.05, 0.1) is 5.41 Å². The molecule has 0 spiro atoms. The highest BCUT2D eigenvalue weighted by Crippen LogP contribution is 2.45. The maximum Gasteiger partial charge on any atom is 0.407 e. The van der Waals surface area contributed by atoms with E-state index in [1.807, 2.05) is 31.2 Å². The largest absolute Gasteiger partial charge is 0.481 e. The molecule has 3 N–H and O–H groups in total. The van der Waals surface area contributed by atoms with Crippen molar-refractivity contribution in [2.45, 2.75) is 57.4 Å². The molecule has 0 saturated heterocycles. The lowest BCUT2D eigenvalue weighted by molar-refractivity contribution is -0.143. The van der Waals surface area contributed by atoms with E-state index in [1.165, 1.54) is 11.1 Å². The van der Waals surface area contributed by atoms with E-state index in [0.29, 0.717) is 19.3 Å². The van der Waals surface area contributed by atoms with Gasteiger partial charge >= 0.3 is 12.1 Å². The van der Waals surface area contributed by atoms with Gasteiger partial charge in [-0.1, -0.05) is 68.3 Å². The topological polar surface area (TPSA) is 105 Å². The molecule has 2 aliphatic carbocycles. The molecule has 2 aromatic rings. The molecule has 4 rings (SSSR count). The highest BCUT2D eigenvalue weighted by atomic mass is 16.5. The number of benzene rings is 2. The number of carboxylic acid groups (broad SMARTS) is 1. The fourth-order valence-corrected chi connectivity index (χ4v) is 4.66. The minimum atomic E-state index is -0.868. The van der Waals surface area contributed by atoms with Crippen LogP contribution in [-0.2, 0) is 14.3 Å². The van der Waals surface area contributed by atoms with Gasteiger partial charge in [-0.15, -0.1) is 0 Å². The molecule has 2 aliphatic rings. The van der Waals surface area contributed by atoms with Gasteiger partial charge in [-0.25, -0.2) is 4.79 Å². The van der Waals surface area contributed by atoms with Gasteiger partial charge in [0.1, 0.15) is 6.61 Å². The standard InChI is InChI=1S/C27H32N2O5/c1-2-3-8-18(15-24(30)28-17-27(13-14-27)25(31)32)29-26(33)34-16-23-21-11-6-4-9-19(21)20-10-5-7-12-22(20)23/h4-7,9-12,18,23H,2-3,8,13-17H2,1H3,(H,28,30)(H,29,33)(H,31,32)/t18-/m1/s1. The second kappa shape index (κ2) is 10.3. The molecule has 0 aliphatic heterocycles. The van der Waals surface area contributed by atoms with Crippen LogP contribution < -0.4 is 10.6 Å². The van der Waals surface area contributed by atoms with E-state index in [4.69, 9.17) is 4.74 Å². The second-order valence-electron chi connectivity index (χ2n) is 9.38. The van der Waals surface area contributed by atoms with E-state index in [9.17, 15) is 19.5 Å². The summed E-state index contributed by atoms with van der Waals surface area (Å²) in [6.45, 7) is 2.40. The summed E-state index contributed by atoms with van der Waals surface area (Å²) in [6, 6.07) is 16.0. The minimum Gasteiger partial charge on any atom is -0.481 e. The summed E-state index contributed by atoms with van der Waals surface area (Å²) in [7, 11) is 0. The lowest BCUT2D eigenvalue weighted by Crippen LogP contribution is -2.41. The van der Waals surface area contributed by atoms with Gasteiger partial charge in [0.25, 0.3) is 0 Å². The smallest absolute Gasteiger partial charge is 0.407 e. The SMILES string of the molecule is CCCC[C@H](CC(=O)NCC1(C(=O)O)CC1)NC(=O)OCC1c2ccccc2-c2ccccc21. The van der Waals surface area contributed by atoms with E-state index in [2.05, 4.69) is 34.9 Å². The van der Waals surface area contributed by atoms with Crippen LogP contribution in [-0.4, -0.2) is 42.3 Å². The molecule has 2 amide bonds. The molecular formula is C27H32N2O5. The van der Waals surface area contributed by atoms with E-state index in [-0.39, 0.29) is 37.4 Å². The molecule has 0 aromatic heterocycles. The van der Waals surface area contributed by atoms with Crippen LogP contribution in [0.5, 0.6) is 0 Å². The third-order valence-electron chi connectivity index (χ3n) is 6.93. The summed E-state index contributed by atoms with van der Waals surface area (Å²) in [5, 5.41) is 14.9. The number of ether oxygens (including phenoxy) is 1. The third-order valence-corrected chi connectivity index (χ3v) is 6.93. The summed E-state index contributed by atoms with van der Waals surface area (Å²) in [4.78, 5) is 36.4. The quantitative estimate of drug-likeness (QED) is 0.456. The second-order valence-corrected chi connectivity index (χ2v) is 9.38. The Hall–Kier alpha value is -3.35. The van der Waals surface area contributed by atoms with Crippen molar-refractivity contribution in [1.29, 1.82) is 0 Å². The number of rotatable bonds is 11. The molecule has 0 heterocycles. The Morgan fingerprint density at radius 1 is 1.06 bits per heavy atom. The summed E-state index contributed by atoms with van der Waals surface area (Å²) in [5.41, 5.74) is 3.81. The van der Waals surface area contributed by atoms with Crippen LogP contribution in [0.2, 0.25) is 0 Å². The summed E-state index contributed by atoms with van der Waals surface area (Å²) >= 11 is 0. The fourth-order valence-electron chi connectivity index (χ4n) is 4.66. The van der Waals surface area contributed by atoms with Crippen molar-refractivity contribution in [3.05, 3.63) is 59.7 Å². The predicted molar refractivity (Wildman–Crippen MR) is 128 cm³/mol. The monoisotopic (exact) mass is 464 g/mol. The van der Waals surface area contributed by atoms with Crippen molar-refractivity contribution in [3.63, 3.8) is 0 Å². The van der Waals surface area contributed by atoms with Crippen molar-refractivity contribution in [2.24, 2.45) is 5.41 Å². The molecule has 0 bridgehead atoms. The number of amides is 2. The number of carbonyl (C=O) groups excluding carboxylic acids is 2. The number of carbonyl (C=O) groups is 3. The average Bonchev–Trinajstić information content (AvgIpc) is 3.57. The molecule has 0 radical (unpaired) electrons. The van der Waals surface area contributed by atoms with Crippen molar-refractivity contribution < 1.29 is 24.2 Å². The molecule has 0 unspecified atom stereocenters. The van der Waals surface area contributed by atoms with Crippen LogP contribution in [0.1, 0.15) is 62.5 Å². The Kier molecular flexibility index (Phi) is 7.20. The number of fused-ring (bicyclic) bond motifs is 3. The molecule has 7 heteroatoms. The van der Waals surface area contributed by atoms with Crippen LogP contribution in [0.15, 0.2) is 48.5 Å². The van der Waals surface area contributed by atoms with Gasteiger partial charge in [0.15, 0.2) is 0 Å². The Morgan fingerprint density at radius 2 is 1.68 bits per heavy atom. The number of aliphatic carboxylic acids is 1. The zero-order chi connectivity index (χ0) is 24.1. The minimum absolute atomic E-state index is 0.0266. The number of nitrogens with one attached hydrogen (secondary N) is 2. The summed E-state index contributed by atoms with van der Waals surface area (Å²) in [5.74, 6) is -1.15. The number of unbranched alkanes of at least 4 members (excludes halogenated alkanes) is 1. The van der Waals surface area contributed by atoms with E-state index in [0.717, 1.165) is 24.0 Å². The van der Waals surface area contributed by atoms with Crippen molar-refractivity contribution in [1.82, 2.24) is 10.6 Å². The zero-order valence-electron chi connectivity index (χ0n) is 19.5. The predicted octanol–water partition coefficient (Wildman–Crippen LogP) is 4.46. The van der Waals surface area contributed by atoms with Crippen molar-refractivity contribution in [2.75, 3.05) is 13.2 Å². The van der Waals surface area contributed by atoms with Gasteiger partial charge in [0.2, 0.25) is 5.91 Å². The number of alkyl carbamates (subject to hydrolysis) is 1. The van der Waals surface area contributed by atoms with Gasteiger partial charge in [-0.05, 0) is 41.5 Å². The number of carboxylic acids is 1. The fraction of sp³-hybridized carbons (Fsp3) is 0.444. The van der Waals surface area contributed by atoms with Crippen molar-refractivity contribution in [3.8, 4) is 11.1 Å². The highest BCUT2D eigenvalue weighted by molar-refractivity contribution is 5.82. The molecule has 1 saturated carbocycles. The Bertz CT molecular complexity index is 1020. The molecule has 2 aromatic carbocycles. The van der Waals surface area contributed by atoms with Crippen LogP contribution in [0.3, 0.4) is 0 Å². The first-order valence-electron chi connectivity index (χ1n) is 12.0. The highest BCUT2D eigenvalue weighted by Gasteiger charge is 2.50. The Balaban J connectivity index is 1.32. The summed E-state index contributed by atoms with van der Waals surface area (Å²) < 4.78 is 5.63. The van der Waals surface area contributed by atoms with Gasteiger partial charge in [-0.3, -0.25) is 9.59 Å². The van der Waals surface area contributed by atoms with Gasteiger partial charge in [-0.2, -0.15) is 0 Å². The van der Waals surface area contributed by atoms with Crippen LogP contribution in [0, 0.1) is 5.41 Å². The molecule has 1 fully saturated rings. The van der Waals surface area contributed by atoms with Crippen LogP contribution >= 0.6 is 0 Å². The van der Waals surface area contributed by atoms with Crippen LogP contribution in [0.25, 0.3) is 11.1 Å². The van der Waals surface area contributed by atoms with Crippen LogP contribution in [0.4, 0.5) is 4.79 Å². The lowest BCUT2D eigenvalue weighted by atomic mass is 9.98. The summed E-state index contributed by atoms with van der Waals surface area (Å²) in [6.07, 6.45) is 3.17. The average molecular weight is 465 g/mol. The first kappa shape index (κ1) is 23.8. The third kappa shape index (κ3) is 5.24. The number of hydrogen-bond acceptors (Lipinski definition) is 4. The zero-order valence-corrected chi connectivity index (χ0v) is 19.5. The molecule has 1 atom stereocenters. The Labute approximate surface area is 199 Å². The van der Waals surface area contributed by atoms with E-state index in [1.54, 1.807) is 0 Å². The van der Waals surface area contributed by atoms with Gasteiger partial charge < -0.3 is 20.5 Å². The van der Waals surface area contributed by atoms with Gasteiger partial charge in [0, 0.05) is 24.9 Å². The van der Waals surface area contributed by atoms with Crippen molar-refractivity contribution >= 4 is 18.0 Å². The molecular weight excluding hydrogens is 432 g/mol. The number of hydrogen-bond donors (Lipinski definition) is 3.